The first kappa shape index (κ1) is 16.4. The molecule has 1 atom stereocenters. The Morgan fingerprint density at radius 3 is 2.57 bits per heavy atom. The van der Waals surface area contributed by atoms with E-state index in [0.717, 1.165) is 18.8 Å². The Balaban J connectivity index is 2.09. The van der Waals surface area contributed by atoms with E-state index in [-0.39, 0.29) is 6.04 Å². The smallest absolute Gasteiger partial charge is 0.0399 e. The van der Waals surface area contributed by atoms with Crippen molar-refractivity contribution < 1.29 is 0 Å². The lowest BCUT2D eigenvalue weighted by Gasteiger charge is -2.35. The average Bonchev–Trinajstić information content (AvgIpc) is 2.49. The molecule has 21 heavy (non-hydrogen) atoms. The number of piperidine rings is 1. The zero-order valence-electron chi connectivity index (χ0n) is 14.1. The topological polar surface area (TPSA) is 29.3 Å². The first-order valence-electron chi connectivity index (χ1n) is 8.74. The second-order valence-electron chi connectivity index (χ2n) is 6.72. The van der Waals surface area contributed by atoms with Crippen LogP contribution >= 0.6 is 0 Å². The van der Waals surface area contributed by atoms with Crippen LogP contribution in [0.3, 0.4) is 0 Å². The molecule has 1 heterocycles. The third-order valence-electron chi connectivity index (χ3n) is 4.89. The molecule has 0 amide bonds. The number of aryl methyl sites for hydroxylation is 1. The minimum absolute atomic E-state index is 0.281. The van der Waals surface area contributed by atoms with E-state index in [1.54, 1.807) is 0 Å². The van der Waals surface area contributed by atoms with E-state index in [0.29, 0.717) is 0 Å². The minimum Gasteiger partial charge on any atom is -0.371 e. The summed E-state index contributed by atoms with van der Waals surface area (Å²) in [6.07, 6.45) is 7.47. The van der Waals surface area contributed by atoms with E-state index >= 15 is 0 Å². The van der Waals surface area contributed by atoms with Crippen molar-refractivity contribution in [3.8, 4) is 0 Å². The van der Waals surface area contributed by atoms with Crippen LogP contribution in [0.5, 0.6) is 0 Å². The Bertz CT molecular complexity index is 433. The standard InChI is InChI=1S/C19H32N2/c1-4-6-16-9-11-21(12-10-16)19-8-7-15(3)13-17(19)14-18(20)5-2/h7-8,13,16,18H,4-6,9-12,14,20H2,1-3H3. The first-order chi connectivity index (χ1) is 10.1. The fourth-order valence-corrected chi connectivity index (χ4v) is 3.48. The molecular weight excluding hydrogens is 256 g/mol. The van der Waals surface area contributed by atoms with E-state index in [9.17, 15) is 0 Å². The van der Waals surface area contributed by atoms with Gasteiger partial charge in [0.2, 0.25) is 0 Å². The van der Waals surface area contributed by atoms with Crippen molar-refractivity contribution in [3.63, 3.8) is 0 Å². The Morgan fingerprint density at radius 2 is 1.95 bits per heavy atom. The van der Waals surface area contributed by atoms with E-state index in [1.165, 1.54) is 55.6 Å². The van der Waals surface area contributed by atoms with Gasteiger partial charge in [0, 0.05) is 24.8 Å². The molecule has 0 saturated carbocycles. The van der Waals surface area contributed by atoms with Gasteiger partial charge in [-0.15, -0.1) is 0 Å². The third kappa shape index (κ3) is 4.47. The van der Waals surface area contributed by atoms with Crippen LogP contribution in [-0.2, 0) is 6.42 Å². The van der Waals surface area contributed by atoms with Gasteiger partial charge in [0.15, 0.2) is 0 Å². The van der Waals surface area contributed by atoms with Gasteiger partial charge in [-0.25, -0.2) is 0 Å². The van der Waals surface area contributed by atoms with Crippen molar-refractivity contribution in [2.24, 2.45) is 11.7 Å². The number of hydrogen-bond donors (Lipinski definition) is 1. The summed E-state index contributed by atoms with van der Waals surface area (Å²) < 4.78 is 0. The fraction of sp³-hybridized carbons (Fsp3) is 0.684. The normalized spacial score (nSPS) is 18.0. The predicted octanol–water partition coefficient (Wildman–Crippen LogP) is 4.29. The van der Waals surface area contributed by atoms with Gasteiger partial charge in [0.25, 0.3) is 0 Å². The van der Waals surface area contributed by atoms with Crippen LogP contribution in [0.1, 0.15) is 57.1 Å². The number of nitrogens with zero attached hydrogens (tertiary/aromatic N) is 1. The summed E-state index contributed by atoms with van der Waals surface area (Å²) in [5.41, 5.74) is 10.4. The molecule has 0 aromatic heterocycles. The van der Waals surface area contributed by atoms with Crippen LogP contribution < -0.4 is 10.6 Å². The summed E-state index contributed by atoms with van der Waals surface area (Å²) in [4.78, 5) is 2.59. The lowest BCUT2D eigenvalue weighted by molar-refractivity contribution is 0.378. The zero-order chi connectivity index (χ0) is 15.2. The minimum atomic E-state index is 0.281. The lowest BCUT2D eigenvalue weighted by atomic mass is 9.91. The summed E-state index contributed by atoms with van der Waals surface area (Å²) in [6.45, 7) is 9.08. The summed E-state index contributed by atoms with van der Waals surface area (Å²) in [5, 5.41) is 0. The van der Waals surface area contributed by atoms with Crippen molar-refractivity contribution >= 4 is 5.69 Å². The zero-order valence-corrected chi connectivity index (χ0v) is 14.1. The first-order valence-corrected chi connectivity index (χ1v) is 8.74. The van der Waals surface area contributed by atoms with Crippen LogP contribution in [0, 0.1) is 12.8 Å². The van der Waals surface area contributed by atoms with E-state index in [1.807, 2.05) is 0 Å². The second-order valence-corrected chi connectivity index (χ2v) is 6.72. The molecule has 2 rings (SSSR count). The van der Waals surface area contributed by atoms with Crippen LogP contribution in [0.2, 0.25) is 0 Å². The van der Waals surface area contributed by atoms with Crippen molar-refractivity contribution in [3.05, 3.63) is 29.3 Å². The molecule has 1 unspecified atom stereocenters. The molecule has 2 heteroatoms. The highest BCUT2D eigenvalue weighted by molar-refractivity contribution is 5.55. The number of hydrogen-bond acceptors (Lipinski definition) is 2. The number of benzene rings is 1. The van der Waals surface area contributed by atoms with Crippen molar-refractivity contribution in [1.29, 1.82) is 0 Å². The van der Waals surface area contributed by atoms with Gasteiger partial charge in [0.05, 0.1) is 0 Å². The number of rotatable bonds is 6. The molecule has 0 radical (unpaired) electrons. The van der Waals surface area contributed by atoms with Gasteiger partial charge in [0.1, 0.15) is 0 Å². The average molecular weight is 288 g/mol. The van der Waals surface area contributed by atoms with Crippen molar-refractivity contribution in [2.45, 2.75) is 65.3 Å². The van der Waals surface area contributed by atoms with Gasteiger partial charge < -0.3 is 10.6 Å². The molecule has 1 aromatic carbocycles. The maximum Gasteiger partial charge on any atom is 0.0399 e. The Hall–Kier alpha value is -1.02. The summed E-state index contributed by atoms with van der Waals surface area (Å²) >= 11 is 0. The molecular formula is C19H32N2. The van der Waals surface area contributed by atoms with Gasteiger partial charge in [-0.05, 0) is 50.2 Å². The molecule has 1 fully saturated rings. The van der Waals surface area contributed by atoms with Gasteiger partial charge in [-0.1, -0.05) is 44.4 Å². The summed E-state index contributed by atoms with van der Waals surface area (Å²) in [6, 6.07) is 7.17. The highest BCUT2D eigenvalue weighted by atomic mass is 15.1. The monoisotopic (exact) mass is 288 g/mol. The van der Waals surface area contributed by atoms with E-state index < -0.39 is 0 Å². The molecule has 1 aliphatic rings. The van der Waals surface area contributed by atoms with E-state index in [4.69, 9.17) is 5.73 Å². The molecule has 0 aliphatic carbocycles. The molecule has 2 nitrogen and oxygen atoms in total. The Labute approximate surface area is 130 Å². The molecule has 1 saturated heterocycles. The summed E-state index contributed by atoms with van der Waals surface area (Å²) in [7, 11) is 0. The molecule has 1 aromatic rings. The van der Waals surface area contributed by atoms with Crippen LogP contribution in [0.15, 0.2) is 18.2 Å². The maximum atomic E-state index is 6.20. The highest BCUT2D eigenvalue weighted by Crippen LogP contribution is 2.29. The van der Waals surface area contributed by atoms with Crippen LogP contribution in [0.25, 0.3) is 0 Å². The second kappa shape index (κ2) is 7.84. The Morgan fingerprint density at radius 1 is 1.24 bits per heavy atom. The fourth-order valence-electron chi connectivity index (χ4n) is 3.48. The molecule has 1 aliphatic heterocycles. The van der Waals surface area contributed by atoms with Crippen molar-refractivity contribution in [2.75, 3.05) is 18.0 Å². The van der Waals surface area contributed by atoms with Crippen LogP contribution in [0.4, 0.5) is 5.69 Å². The molecule has 118 valence electrons. The quantitative estimate of drug-likeness (QED) is 0.846. The largest absolute Gasteiger partial charge is 0.371 e. The lowest BCUT2D eigenvalue weighted by Crippen LogP contribution is -2.34. The Kier molecular flexibility index (Phi) is 6.10. The summed E-state index contributed by atoms with van der Waals surface area (Å²) in [5.74, 6) is 0.943. The van der Waals surface area contributed by atoms with Crippen molar-refractivity contribution in [1.82, 2.24) is 0 Å². The number of anilines is 1. The highest BCUT2D eigenvalue weighted by Gasteiger charge is 2.20. The third-order valence-corrected chi connectivity index (χ3v) is 4.89. The number of nitrogens with two attached hydrogens (primary N) is 1. The van der Waals surface area contributed by atoms with Gasteiger partial charge in [-0.3, -0.25) is 0 Å². The predicted molar refractivity (Wildman–Crippen MR) is 93.0 cm³/mol. The van der Waals surface area contributed by atoms with Gasteiger partial charge >= 0.3 is 0 Å². The SMILES string of the molecule is CCCC1CCN(c2ccc(C)cc2CC(N)CC)CC1. The molecule has 2 N–H and O–H groups in total. The molecule has 0 bridgehead atoms. The molecule has 0 spiro atoms. The van der Waals surface area contributed by atoms with Crippen LogP contribution in [-0.4, -0.2) is 19.1 Å². The van der Waals surface area contributed by atoms with Gasteiger partial charge in [-0.2, -0.15) is 0 Å². The van der Waals surface area contributed by atoms with E-state index in [2.05, 4.69) is 43.9 Å². The maximum absolute atomic E-state index is 6.20.